The molecule has 1 aromatic heterocycles. The van der Waals surface area contributed by atoms with Gasteiger partial charge in [0.2, 0.25) is 5.91 Å². The van der Waals surface area contributed by atoms with Gasteiger partial charge >= 0.3 is 0 Å². The molecule has 1 aliphatic heterocycles. The molecule has 1 amide bonds. The molecule has 1 aliphatic rings. The number of pyridine rings is 1. The largest absolute Gasteiger partial charge is 0.338 e. The SMILES string of the molecule is CC(C)(C)C1CCC(=O)N(Cc2cncc(Br)c2)CC1. The summed E-state index contributed by atoms with van der Waals surface area (Å²) >= 11 is 3.43. The highest BCUT2D eigenvalue weighted by molar-refractivity contribution is 9.10. The molecular weight excluding hydrogens is 316 g/mol. The van der Waals surface area contributed by atoms with Crippen LogP contribution in [0.4, 0.5) is 0 Å². The molecule has 1 aromatic rings. The van der Waals surface area contributed by atoms with Crippen molar-refractivity contribution in [1.29, 1.82) is 0 Å². The molecule has 0 aromatic carbocycles. The van der Waals surface area contributed by atoms with E-state index in [4.69, 9.17) is 0 Å². The van der Waals surface area contributed by atoms with E-state index >= 15 is 0 Å². The molecule has 0 bridgehead atoms. The first kappa shape index (κ1) is 15.5. The van der Waals surface area contributed by atoms with Crippen molar-refractivity contribution in [2.45, 2.75) is 46.6 Å². The summed E-state index contributed by atoms with van der Waals surface area (Å²) in [4.78, 5) is 18.4. The third-order valence-corrected chi connectivity index (χ3v) is 4.60. The lowest BCUT2D eigenvalue weighted by Crippen LogP contribution is -2.30. The lowest BCUT2D eigenvalue weighted by Gasteiger charge is -2.29. The summed E-state index contributed by atoms with van der Waals surface area (Å²) in [5.74, 6) is 0.897. The van der Waals surface area contributed by atoms with Crippen molar-refractivity contribution in [3.63, 3.8) is 0 Å². The van der Waals surface area contributed by atoms with Crippen LogP contribution in [0.15, 0.2) is 22.9 Å². The van der Waals surface area contributed by atoms with Crippen LogP contribution in [0.25, 0.3) is 0 Å². The zero-order valence-electron chi connectivity index (χ0n) is 12.5. The Balaban J connectivity index is 2.04. The average Bonchev–Trinajstić information content (AvgIpc) is 2.52. The highest BCUT2D eigenvalue weighted by atomic mass is 79.9. The molecule has 0 aliphatic carbocycles. The van der Waals surface area contributed by atoms with Crippen LogP contribution in [0.3, 0.4) is 0 Å². The highest BCUT2D eigenvalue weighted by Crippen LogP contribution is 2.34. The highest BCUT2D eigenvalue weighted by Gasteiger charge is 2.29. The lowest BCUT2D eigenvalue weighted by molar-refractivity contribution is -0.131. The Bertz CT molecular complexity index is 482. The molecule has 110 valence electrons. The molecule has 4 heteroatoms. The van der Waals surface area contributed by atoms with Gasteiger partial charge in [0.05, 0.1) is 0 Å². The fourth-order valence-electron chi connectivity index (χ4n) is 2.83. The molecule has 1 saturated heterocycles. The second kappa shape index (κ2) is 6.25. The number of aromatic nitrogens is 1. The Morgan fingerprint density at radius 2 is 2.10 bits per heavy atom. The summed E-state index contributed by atoms with van der Waals surface area (Å²) in [6.45, 7) is 8.34. The van der Waals surface area contributed by atoms with E-state index in [1.807, 2.05) is 17.2 Å². The molecule has 0 saturated carbocycles. The summed E-state index contributed by atoms with van der Waals surface area (Å²) in [6.07, 6.45) is 6.38. The predicted octanol–water partition coefficient (Wildman–Crippen LogP) is 4.02. The topological polar surface area (TPSA) is 33.2 Å². The molecule has 2 rings (SSSR count). The molecule has 20 heavy (non-hydrogen) atoms. The molecule has 3 nitrogen and oxygen atoms in total. The molecule has 0 N–H and O–H groups in total. The van der Waals surface area contributed by atoms with Crippen LogP contribution in [-0.2, 0) is 11.3 Å². The Kier molecular flexibility index (Phi) is 4.84. The quantitative estimate of drug-likeness (QED) is 0.815. The first-order chi connectivity index (χ1) is 9.36. The number of rotatable bonds is 2. The van der Waals surface area contributed by atoms with E-state index in [2.05, 4.69) is 41.7 Å². The monoisotopic (exact) mass is 338 g/mol. The molecule has 0 radical (unpaired) electrons. The van der Waals surface area contributed by atoms with Gasteiger partial charge in [-0.1, -0.05) is 20.8 Å². The number of likely N-dealkylation sites (tertiary alicyclic amines) is 1. The van der Waals surface area contributed by atoms with Crippen molar-refractivity contribution in [2.75, 3.05) is 6.54 Å². The van der Waals surface area contributed by atoms with E-state index in [0.29, 0.717) is 18.9 Å². The van der Waals surface area contributed by atoms with Gasteiger partial charge in [-0.25, -0.2) is 0 Å². The standard InChI is InChI=1S/C16H23BrN2O/c1-16(2,3)13-4-5-15(20)19(7-6-13)11-12-8-14(17)10-18-9-12/h8-10,13H,4-7,11H2,1-3H3. The van der Waals surface area contributed by atoms with Crippen LogP contribution >= 0.6 is 15.9 Å². The van der Waals surface area contributed by atoms with E-state index in [9.17, 15) is 4.79 Å². The molecule has 1 unspecified atom stereocenters. The van der Waals surface area contributed by atoms with Gasteiger partial charge in [-0.3, -0.25) is 9.78 Å². The Hall–Kier alpha value is -0.900. The number of carbonyl (C=O) groups excluding carboxylic acids is 1. The van der Waals surface area contributed by atoms with Gasteiger partial charge in [-0.2, -0.15) is 0 Å². The minimum Gasteiger partial charge on any atom is -0.338 e. The van der Waals surface area contributed by atoms with Crippen molar-refractivity contribution in [2.24, 2.45) is 11.3 Å². The van der Waals surface area contributed by atoms with Gasteiger partial charge in [-0.05, 0) is 51.7 Å². The van der Waals surface area contributed by atoms with Gasteiger partial charge in [0.1, 0.15) is 0 Å². The van der Waals surface area contributed by atoms with Crippen LogP contribution in [0.5, 0.6) is 0 Å². The minimum atomic E-state index is 0.275. The fourth-order valence-corrected chi connectivity index (χ4v) is 3.24. The zero-order chi connectivity index (χ0) is 14.8. The number of nitrogens with zero attached hydrogens (tertiary/aromatic N) is 2. The number of hydrogen-bond acceptors (Lipinski definition) is 2. The van der Waals surface area contributed by atoms with Gasteiger partial charge in [0.25, 0.3) is 0 Å². The van der Waals surface area contributed by atoms with Crippen molar-refractivity contribution in [3.8, 4) is 0 Å². The van der Waals surface area contributed by atoms with E-state index in [1.54, 1.807) is 6.20 Å². The maximum absolute atomic E-state index is 12.3. The van der Waals surface area contributed by atoms with Gasteiger partial charge in [0.15, 0.2) is 0 Å². The Morgan fingerprint density at radius 1 is 1.35 bits per heavy atom. The van der Waals surface area contributed by atoms with Gasteiger partial charge in [-0.15, -0.1) is 0 Å². The lowest BCUT2D eigenvalue weighted by atomic mass is 9.77. The molecular formula is C16H23BrN2O. The van der Waals surface area contributed by atoms with Crippen LogP contribution in [0.1, 0.15) is 45.6 Å². The Morgan fingerprint density at radius 3 is 2.75 bits per heavy atom. The summed E-state index contributed by atoms with van der Waals surface area (Å²) in [5.41, 5.74) is 1.37. The van der Waals surface area contributed by atoms with E-state index in [-0.39, 0.29) is 11.3 Å². The summed E-state index contributed by atoms with van der Waals surface area (Å²) in [7, 11) is 0. The van der Waals surface area contributed by atoms with Crippen LogP contribution in [0.2, 0.25) is 0 Å². The second-order valence-electron chi connectivity index (χ2n) is 6.72. The van der Waals surface area contributed by atoms with E-state index < -0.39 is 0 Å². The number of hydrogen-bond donors (Lipinski definition) is 0. The van der Waals surface area contributed by atoms with Crippen LogP contribution in [0, 0.1) is 11.3 Å². The first-order valence-electron chi connectivity index (χ1n) is 7.23. The molecule has 1 fully saturated rings. The number of carbonyl (C=O) groups is 1. The summed E-state index contributed by atoms with van der Waals surface area (Å²) in [5, 5.41) is 0. The molecule has 2 heterocycles. The predicted molar refractivity (Wildman–Crippen MR) is 84.2 cm³/mol. The van der Waals surface area contributed by atoms with E-state index in [1.165, 1.54) is 0 Å². The molecule has 1 atom stereocenters. The van der Waals surface area contributed by atoms with Crippen molar-refractivity contribution in [3.05, 3.63) is 28.5 Å². The smallest absolute Gasteiger partial charge is 0.222 e. The van der Waals surface area contributed by atoms with Gasteiger partial charge in [0, 0.05) is 36.4 Å². The average molecular weight is 339 g/mol. The second-order valence-corrected chi connectivity index (χ2v) is 7.63. The normalized spacial score (nSPS) is 20.9. The van der Waals surface area contributed by atoms with E-state index in [0.717, 1.165) is 29.4 Å². The van der Waals surface area contributed by atoms with Crippen molar-refractivity contribution >= 4 is 21.8 Å². The minimum absolute atomic E-state index is 0.275. The summed E-state index contributed by atoms with van der Waals surface area (Å²) < 4.78 is 0.963. The maximum Gasteiger partial charge on any atom is 0.222 e. The van der Waals surface area contributed by atoms with Crippen molar-refractivity contribution in [1.82, 2.24) is 9.88 Å². The van der Waals surface area contributed by atoms with Crippen LogP contribution in [-0.4, -0.2) is 22.3 Å². The third kappa shape index (κ3) is 4.05. The number of amides is 1. The summed E-state index contributed by atoms with van der Waals surface area (Å²) in [6, 6.07) is 2.03. The van der Waals surface area contributed by atoms with Crippen LogP contribution < -0.4 is 0 Å². The van der Waals surface area contributed by atoms with Crippen molar-refractivity contribution < 1.29 is 4.79 Å². The number of halogens is 1. The first-order valence-corrected chi connectivity index (χ1v) is 8.03. The molecule has 0 spiro atoms. The third-order valence-electron chi connectivity index (χ3n) is 4.17. The zero-order valence-corrected chi connectivity index (χ0v) is 14.1. The Labute approximate surface area is 129 Å². The van der Waals surface area contributed by atoms with Gasteiger partial charge < -0.3 is 4.90 Å². The maximum atomic E-state index is 12.3. The fraction of sp³-hybridized carbons (Fsp3) is 0.625.